The zero-order chi connectivity index (χ0) is 12.4. The molecule has 2 rings (SSSR count). The van der Waals surface area contributed by atoms with E-state index in [4.69, 9.17) is 10.5 Å². The number of methoxy groups -OCH3 is 1. The molecule has 0 amide bonds. The Labute approximate surface area is 104 Å². The van der Waals surface area contributed by atoms with E-state index in [1.165, 1.54) is 11.3 Å². The molecule has 2 heterocycles. The number of hydrogen-bond acceptors (Lipinski definition) is 6. The highest BCUT2D eigenvalue weighted by molar-refractivity contribution is 7.16. The molecule has 0 aromatic carbocycles. The fraction of sp³-hybridized carbons (Fsp3) is 0.700. The average molecular weight is 255 g/mol. The van der Waals surface area contributed by atoms with Crippen LogP contribution in [-0.2, 0) is 11.3 Å². The molecular formula is C10H17N5OS. The minimum Gasteiger partial charge on any atom is -0.377 e. The van der Waals surface area contributed by atoms with Crippen LogP contribution in [0, 0.1) is 5.92 Å². The fourth-order valence-electron chi connectivity index (χ4n) is 1.65. The van der Waals surface area contributed by atoms with E-state index in [9.17, 15) is 0 Å². The van der Waals surface area contributed by atoms with Gasteiger partial charge in [0, 0.05) is 7.11 Å². The van der Waals surface area contributed by atoms with Crippen LogP contribution in [0.25, 0.3) is 4.96 Å². The summed E-state index contributed by atoms with van der Waals surface area (Å²) in [5, 5.41) is 13.4. The second-order valence-electron chi connectivity index (χ2n) is 4.42. The predicted molar refractivity (Wildman–Crippen MR) is 65.8 cm³/mol. The van der Waals surface area contributed by atoms with Gasteiger partial charge in [0.25, 0.3) is 0 Å². The highest BCUT2D eigenvalue weighted by atomic mass is 32.1. The Bertz CT molecular complexity index is 492. The van der Waals surface area contributed by atoms with Crippen molar-refractivity contribution in [1.29, 1.82) is 0 Å². The molecule has 0 saturated carbocycles. The van der Waals surface area contributed by atoms with E-state index in [1.807, 2.05) is 0 Å². The molecule has 94 valence electrons. The molecule has 7 heteroatoms. The van der Waals surface area contributed by atoms with Crippen molar-refractivity contribution in [3.05, 3.63) is 10.8 Å². The first-order chi connectivity index (χ1) is 8.11. The quantitative estimate of drug-likeness (QED) is 0.873. The number of aromatic nitrogens is 4. The molecule has 0 fully saturated rings. The fourth-order valence-corrected chi connectivity index (χ4v) is 2.52. The van der Waals surface area contributed by atoms with Crippen LogP contribution in [0.4, 0.5) is 0 Å². The van der Waals surface area contributed by atoms with E-state index >= 15 is 0 Å². The predicted octanol–water partition coefficient (Wildman–Crippen LogP) is 1.38. The van der Waals surface area contributed by atoms with E-state index in [0.717, 1.165) is 16.4 Å². The van der Waals surface area contributed by atoms with Gasteiger partial charge in [-0.1, -0.05) is 25.2 Å². The van der Waals surface area contributed by atoms with E-state index in [0.29, 0.717) is 18.3 Å². The molecule has 0 spiro atoms. The molecule has 0 radical (unpaired) electrons. The summed E-state index contributed by atoms with van der Waals surface area (Å²) < 4.78 is 6.75. The molecular weight excluding hydrogens is 238 g/mol. The maximum Gasteiger partial charge on any atom is 0.234 e. The number of fused-ring (bicyclic) bond motifs is 1. The van der Waals surface area contributed by atoms with Gasteiger partial charge >= 0.3 is 0 Å². The van der Waals surface area contributed by atoms with Gasteiger partial charge in [-0.3, -0.25) is 0 Å². The van der Waals surface area contributed by atoms with Gasteiger partial charge < -0.3 is 10.5 Å². The Morgan fingerprint density at radius 2 is 2.18 bits per heavy atom. The molecule has 2 aromatic heterocycles. The Morgan fingerprint density at radius 3 is 2.82 bits per heavy atom. The lowest BCUT2D eigenvalue weighted by Gasteiger charge is -2.09. The molecule has 0 bridgehead atoms. The molecule has 2 aromatic rings. The van der Waals surface area contributed by atoms with Crippen LogP contribution >= 0.6 is 11.3 Å². The molecule has 1 unspecified atom stereocenters. The summed E-state index contributed by atoms with van der Waals surface area (Å²) in [7, 11) is 1.62. The zero-order valence-corrected chi connectivity index (χ0v) is 11.1. The molecule has 2 N–H and O–H groups in total. The Balaban J connectivity index is 2.25. The summed E-state index contributed by atoms with van der Waals surface area (Å²) in [4.78, 5) is 0.770. The highest BCUT2D eigenvalue weighted by Crippen LogP contribution is 2.23. The lowest BCUT2D eigenvalue weighted by Crippen LogP contribution is -2.13. The normalized spacial score (nSPS) is 13.7. The SMILES string of the molecule is COCc1nnc2sc(C(N)CC(C)C)nn12. The summed E-state index contributed by atoms with van der Waals surface area (Å²) in [6.07, 6.45) is 0.920. The van der Waals surface area contributed by atoms with Crippen molar-refractivity contribution in [1.82, 2.24) is 19.8 Å². The third kappa shape index (κ3) is 2.62. The van der Waals surface area contributed by atoms with E-state index in [2.05, 4.69) is 29.1 Å². The first-order valence-corrected chi connectivity index (χ1v) is 6.39. The molecule has 0 aliphatic rings. The lowest BCUT2D eigenvalue weighted by molar-refractivity contribution is 0.176. The van der Waals surface area contributed by atoms with Gasteiger partial charge in [0.1, 0.15) is 11.6 Å². The van der Waals surface area contributed by atoms with Gasteiger partial charge in [-0.2, -0.15) is 9.61 Å². The first kappa shape index (κ1) is 12.4. The summed E-state index contributed by atoms with van der Waals surface area (Å²) >= 11 is 1.49. The van der Waals surface area contributed by atoms with Crippen LogP contribution in [0.2, 0.25) is 0 Å². The monoisotopic (exact) mass is 255 g/mol. The Morgan fingerprint density at radius 1 is 1.41 bits per heavy atom. The molecule has 0 aliphatic heterocycles. The van der Waals surface area contributed by atoms with E-state index in [-0.39, 0.29) is 6.04 Å². The van der Waals surface area contributed by atoms with Gasteiger partial charge in [0.2, 0.25) is 4.96 Å². The second kappa shape index (κ2) is 5.07. The maximum absolute atomic E-state index is 6.10. The number of ether oxygens (including phenoxy) is 1. The van der Waals surface area contributed by atoms with Crippen molar-refractivity contribution in [2.75, 3.05) is 7.11 Å². The van der Waals surface area contributed by atoms with Gasteiger partial charge in [-0.05, 0) is 12.3 Å². The van der Waals surface area contributed by atoms with Crippen LogP contribution in [0.3, 0.4) is 0 Å². The number of nitrogens with two attached hydrogens (primary N) is 1. The summed E-state index contributed by atoms with van der Waals surface area (Å²) in [5.74, 6) is 1.26. The summed E-state index contributed by atoms with van der Waals surface area (Å²) in [6, 6.07) is -0.0305. The van der Waals surface area contributed by atoms with E-state index < -0.39 is 0 Å². The minimum absolute atomic E-state index is 0.0305. The minimum atomic E-state index is -0.0305. The van der Waals surface area contributed by atoms with Crippen molar-refractivity contribution in [3.8, 4) is 0 Å². The number of hydrogen-bond donors (Lipinski definition) is 1. The molecule has 17 heavy (non-hydrogen) atoms. The molecule has 0 saturated heterocycles. The van der Waals surface area contributed by atoms with Crippen LogP contribution in [-0.4, -0.2) is 26.9 Å². The van der Waals surface area contributed by atoms with Crippen molar-refractivity contribution >= 4 is 16.3 Å². The average Bonchev–Trinajstić information content (AvgIpc) is 2.79. The van der Waals surface area contributed by atoms with Crippen molar-refractivity contribution in [2.45, 2.75) is 32.9 Å². The van der Waals surface area contributed by atoms with Gasteiger partial charge in [0.05, 0.1) is 6.04 Å². The maximum atomic E-state index is 6.10. The lowest BCUT2D eigenvalue weighted by atomic mass is 10.1. The van der Waals surface area contributed by atoms with Crippen molar-refractivity contribution < 1.29 is 4.74 Å². The van der Waals surface area contributed by atoms with Crippen molar-refractivity contribution in [3.63, 3.8) is 0 Å². The Hall–Kier alpha value is -1.05. The van der Waals surface area contributed by atoms with E-state index in [1.54, 1.807) is 11.6 Å². The van der Waals surface area contributed by atoms with Crippen LogP contribution < -0.4 is 5.73 Å². The largest absolute Gasteiger partial charge is 0.377 e. The summed E-state index contributed by atoms with van der Waals surface area (Å²) in [5.41, 5.74) is 6.10. The molecule has 1 atom stereocenters. The smallest absolute Gasteiger partial charge is 0.234 e. The number of nitrogens with zero attached hydrogens (tertiary/aromatic N) is 4. The third-order valence-electron chi connectivity index (χ3n) is 2.39. The third-order valence-corrected chi connectivity index (χ3v) is 3.42. The van der Waals surface area contributed by atoms with Gasteiger partial charge in [0.15, 0.2) is 5.82 Å². The van der Waals surface area contributed by atoms with Gasteiger partial charge in [-0.15, -0.1) is 10.2 Å². The Kier molecular flexibility index (Phi) is 3.70. The zero-order valence-electron chi connectivity index (χ0n) is 10.3. The van der Waals surface area contributed by atoms with Crippen LogP contribution in [0.5, 0.6) is 0 Å². The highest BCUT2D eigenvalue weighted by Gasteiger charge is 2.17. The topological polar surface area (TPSA) is 78.3 Å². The number of rotatable bonds is 5. The van der Waals surface area contributed by atoms with Crippen molar-refractivity contribution in [2.24, 2.45) is 11.7 Å². The molecule has 0 aliphatic carbocycles. The first-order valence-electron chi connectivity index (χ1n) is 5.57. The standard InChI is InChI=1S/C10H17N5OS/c1-6(2)4-7(11)9-14-15-8(5-16-3)12-13-10(15)17-9/h6-7H,4-5,11H2,1-3H3. The summed E-state index contributed by atoms with van der Waals surface area (Å²) in [6.45, 7) is 4.71. The van der Waals surface area contributed by atoms with Crippen LogP contribution in [0.15, 0.2) is 0 Å². The van der Waals surface area contributed by atoms with Crippen LogP contribution in [0.1, 0.15) is 37.1 Å². The van der Waals surface area contributed by atoms with Gasteiger partial charge in [-0.25, -0.2) is 0 Å². The second-order valence-corrected chi connectivity index (χ2v) is 5.41. The molecule has 6 nitrogen and oxygen atoms in total.